The van der Waals surface area contributed by atoms with E-state index in [1.165, 1.54) is 25.5 Å². The average molecular weight is 521 g/mol. The van der Waals surface area contributed by atoms with Crippen LogP contribution in [0, 0.1) is 10.1 Å². The summed E-state index contributed by atoms with van der Waals surface area (Å²) in [6.07, 6.45) is 1.00. The van der Waals surface area contributed by atoms with Gasteiger partial charge in [0.25, 0.3) is 11.6 Å². The van der Waals surface area contributed by atoms with Crippen LogP contribution in [0.1, 0.15) is 23.6 Å². The Morgan fingerprint density at radius 3 is 2.42 bits per heavy atom. The number of nitrogens with zero attached hydrogens (tertiary/aromatic N) is 2. The van der Waals surface area contributed by atoms with Crippen LogP contribution in [0.3, 0.4) is 0 Å². The fraction of sp³-hybridized carbons (Fsp3) is 0.222. The Hall–Kier alpha value is -4.93. The number of non-ortho nitro benzene ring substituents is 1. The van der Waals surface area contributed by atoms with E-state index < -0.39 is 23.0 Å². The lowest BCUT2D eigenvalue weighted by molar-refractivity contribution is -0.384. The molecule has 0 aliphatic heterocycles. The lowest BCUT2D eigenvalue weighted by Gasteiger charge is -2.16. The largest absolute Gasteiger partial charge is 0.493 e. The van der Waals surface area contributed by atoms with Gasteiger partial charge in [-0.15, -0.1) is 0 Å². The number of hydrogen-bond acceptors (Lipinski definition) is 8. The molecule has 2 amide bonds. The number of nitro groups is 1. The van der Waals surface area contributed by atoms with Crippen LogP contribution in [-0.2, 0) is 22.6 Å². The van der Waals surface area contributed by atoms with Gasteiger partial charge in [0.05, 0.1) is 24.9 Å². The molecule has 0 radical (unpaired) electrons. The van der Waals surface area contributed by atoms with Crippen LogP contribution < -0.4 is 20.2 Å². The minimum Gasteiger partial charge on any atom is -0.493 e. The van der Waals surface area contributed by atoms with E-state index in [0.29, 0.717) is 17.1 Å². The molecular weight excluding hydrogens is 492 g/mol. The quantitative estimate of drug-likeness (QED) is 0.209. The first-order valence-electron chi connectivity index (χ1n) is 11.7. The van der Waals surface area contributed by atoms with Gasteiger partial charge in [-0.25, -0.2) is 10.2 Å². The van der Waals surface area contributed by atoms with Crippen LogP contribution in [0.5, 0.6) is 11.5 Å². The third kappa shape index (κ3) is 8.33. The van der Waals surface area contributed by atoms with Gasteiger partial charge >= 0.3 is 6.09 Å². The number of ether oxygens (including phenoxy) is 3. The predicted octanol–water partition coefficient (Wildman–Crippen LogP) is 3.99. The first-order chi connectivity index (χ1) is 18.4. The number of nitro benzene ring substituents is 1. The van der Waals surface area contributed by atoms with Crippen molar-refractivity contribution < 1.29 is 28.7 Å². The van der Waals surface area contributed by atoms with Crippen molar-refractivity contribution in [2.45, 2.75) is 26.0 Å². The number of hydrazone groups is 1. The van der Waals surface area contributed by atoms with Crippen LogP contribution >= 0.6 is 0 Å². The Balaban J connectivity index is 1.62. The van der Waals surface area contributed by atoms with Crippen LogP contribution in [0.15, 0.2) is 77.9 Å². The number of benzene rings is 3. The van der Waals surface area contributed by atoms with Gasteiger partial charge in [0.1, 0.15) is 12.6 Å². The zero-order valence-corrected chi connectivity index (χ0v) is 21.0. The standard InChI is InChI=1S/C27H28N4O7/c1-3-37-27(33)29-23(15-19-7-5-4-6-8-19)26(32)30-28-17-21-11-14-24(25(16-21)36-2)38-18-20-9-12-22(13-10-20)31(34)35/h4-14,16-17,23H,3,15,18H2,1-2H3,(H,29,33)(H,30,32)/b28-17-/t23-/m1/s1. The molecule has 2 N–H and O–H groups in total. The normalized spacial score (nSPS) is 11.4. The highest BCUT2D eigenvalue weighted by Gasteiger charge is 2.21. The molecule has 0 aliphatic rings. The Labute approximate surface area is 219 Å². The highest BCUT2D eigenvalue weighted by atomic mass is 16.6. The number of hydrogen-bond donors (Lipinski definition) is 2. The molecule has 0 saturated carbocycles. The van der Waals surface area contributed by atoms with Crippen molar-refractivity contribution in [1.82, 2.24) is 10.7 Å². The molecule has 0 bridgehead atoms. The summed E-state index contributed by atoms with van der Waals surface area (Å²) in [5, 5.41) is 17.4. The van der Waals surface area contributed by atoms with Crippen molar-refractivity contribution in [1.29, 1.82) is 0 Å². The minimum atomic E-state index is -0.890. The maximum atomic E-state index is 12.8. The molecule has 38 heavy (non-hydrogen) atoms. The molecule has 198 valence electrons. The molecule has 0 spiro atoms. The van der Waals surface area contributed by atoms with Crippen LogP contribution in [-0.4, -0.2) is 42.9 Å². The Bertz CT molecular complexity index is 1260. The highest BCUT2D eigenvalue weighted by Crippen LogP contribution is 2.28. The summed E-state index contributed by atoms with van der Waals surface area (Å²) in [4.78, 5) is 35.0. The van der Waals surface area contributed by atoms with Crippen LogP contribution in [0.2, 0.25) is 0 Å². The van der Waals surface area contributed by atoms with E-state index in [4.69, 9.17) is 14.2 Å². The molecular formula is C27H28N4O7. The topological polar surface area (TPSA) is 141 Å². The summed E-state index contributed by atoms with van der Waals surface area (Å²) in [7, 11) is 1.49. The Morgan fingerprint density at radius 1 is 1.03 bits per heavy atom. The fourth-order valence-corrected chi connectivity index (χ4v) is 3.38. The minimum absolute atomic E-state index is 0.00474. The third-order valence-electron chi connectivity index (χ3n) is 5.28. The van der Waals surface area contributed by atoms with Crippen molar-refractivity contribution in [3.8, 4) is 11.5 Å². The van der Waals surface area contributed by atoms with E-state index in [0.717, 1.165) is 11.1 Å². The van der Waals surface area contributed by atoms with E-state index in [-0.39, 0.29) is 25.3 Å². The van der Waals surface area contributed by atoms with Gasteiger partial charge in [0.15, 0.2) is 11.5 Å². The van der Waals surface area contributed by atoms with Gasteiger partial charge in [0.2, 0.25) is 0 Å². The van der Waals surface area contributed by atoms with E-state index in [9.17, 15) is 19.7 Å². The number of amides is 2. The molecule has 3 aromatic carbocycles. The molecule has 0 saturated heterocycles. The first-order valence-corrected chi connectivity index (χ1v) is 11.7. The van der Waals surface area contributed by atoms with Gasteiger partial charge in [-0.3, -0.25) is 14.9 Å². The molecule has 0 fully saturated rings. The predicted molar refractivity (Wildman–Crippen MR) is 140 cm³/mol. The average Bonchev–Trinajstić information content (AvgIpc) is 2.92. The van der Waals surface area contributed by atoms with Crippen molar-refractivity contribution in [3.63, 3.8) is 0 Å². The first kappa shape index (κ1) is 27.7. The lowest BCUT2D eigenvalue weighted by Crippen LogP contribution is -2.47. The third-order valence-corrected chi connectivity index (χ3v) is 5.28. The van der Waals surface area contributed by atoms with Gasteiger partial charge in [0, 0.05) is 18.6 Å². The molecule has 0 aromatic heterocycles. The number of nitrogens with one attached hydrogen (secondary N) is 2. The SMILES string of the molecule is CCOC(=O)N[C@H](Cc1ccccc1)C(=O)N/N=C\c1ccc(OCc2ccc([N+](=O)[O-])cc2)c(OC)c1. The summed E-state index contributed by atoms with van der Waals surface area (Å²) in [5.74, 6) is 0.398. The number of alkyl carbamates (subject to hydrolysis) is 1. The van der Waals surface area contributed by atoms with E-state index in [1.807, 2.05) is 30.3 Å². The fourth-order valence-electron chi connectivity index (χ4n) is 3.38. The van der Waals surface area contributed by atoms with Crippen molar-refractivity contribution in [2.24, 2.45) is 5.10 Å². The van der Waals surface area contributed by atoms with E-state index >= 15 is 0 Å². The molecule has 11 nitrogen and oxygen atoms in total. The number of carbonyl (C=O) groups is 2. The van der Waals surface area contributed by atoms with Crippen molar-refractivity contribution >= 4 is 23.9 Å². The second kappa shape index (κ2) is 14.0. The second-order valence-corrected chi connectivity index (χ2v) is 7.96. The zero-order valence-electron chi connectivity index (χ0n) is 21.0. The van der Waals surface area contributed by atoms with Crippen LogP contribution in [0.4, 0.5) is 10.5 Å². The van der Waals surface area contributed by atoms with Gasteiger partial charge in [-0.1, -0.05) is 30.3 Å². The molecule has 3 rings (SSSR count). The lowest BCUT2D eigenvalue weighted by atomic mass is 10.1. The summed E-state index contributed by atoms with van der Waals surface area (Å²) in [6.45, 7) is 2.05. The van der Waals surface area contributed by atoms with E-state index in [1.54, 1.807) is 37.3 Å². The zero-order chi connectivity index (χ0) is 27.3. The maximum absolute atomic E-state index is 12.8. The number of carbonyl (C=O) groups excluding carboxylic acids is 2. The molecule has 1 atom stereocenters. The summed E-state index contributed by atoms with van der Waals surface area (Å²) >= 11 is 0. The molecule has 0 heterocycles. The smallest absolute Gasteiger partial charge is 0.407 e. The summed E-state index contributed by atoms with van der Waals surface area (Å²) in [6, 6.07) is 19.5. The van der Waals surface area contributed by atoms with Crippen molar-refractivity contribution in [2.75, 3.05) is 13.7 Å². The summed E-state index contributed by atoms with van der Waals surface area (Å²) < 4.78 is 16.1. The monoisotopic (exact) mass is 520 g/mol. The second-order valence-electron chi connectivity index (χ2n) is 7.96. The van der Waals surface area contributed by atoms with E-state index in [2.05, 4.69) is 15.8 Å². The van der Waals surface area contributed by atoms with Crippen molar-refractivity contribution in [3.05, 3.63) is 99.6 Å². The Kier molecular flexibility index (Phi) is 10.2. The van der Waals surface area contributed by atoms with Gasteiger partial charge < -0.3 is 19.5 Å². The highest BCUT2D eigenvalue weighted by molar-refractivity contribution is 5.87. The molecule has 11 heteroatoms. The van der Waals surface area contributed by atoms with Gasteiger partial charge in [-0.2, -0.15) is 5.10 Å². The summed E-state index contributed by atoms with van der Waals surface area (Å²) in [5.41, 5.74) is 4.70. The molecule has 0 unspecified atom stereocenters. The van der Waals surface area contributed by atoms with Gasteiger partial charge in [-0.05, 0) is 53.9 Å². The molecule has 3 aromatic rings. The Morgan fingerprint density at radius 2 is 1.76 bits per heavy atom. The van der Waals surface area contributed by atoms with Crippen LogP contribution in [0.25, 0.3) is 0 Å². The molecule has 0 aliphatic carbocycles. The maximum Gasteiger partial charge on any atom is 0.407 e. The number of methoxy groups -OCH3 is 1. The number of rotatable bonds is 12.